The van der Waals surface area contributed by atoms with E-state index in [0.29, 0.717) is 10.7 Å². The van der Waals surface area contributed by atoms with Crippen molar-refractivity contribution in [3.8, 4) is 0 Å². The van der Waals surface area contributed by atoms with Gasteiger partial charge in [-0.1, -0.05) is 29.8 Å². The summed E-state index contributed by atoms with van der Waals surface area (Å²) in [5.74, 6) is -0.0950. The number of rotatable bonds is 1. The maximum atomic E-state index is 12.7. The maximum Gasteiger partial charge on any atom is 0.278 e. The topological polar surface area (TPSA) is 38.1 Å². The first-order valence-corrected chi connectivity index (χ1v) is 6.56. The van der Waals surface area contributed by atoms with Gasteiger partial charge in [0.2, 0.25) is 0 Å². The summed E-state index contributed by atoms with van der Waals surface area (Å²) in [6.07, 6.45) is 2.37. The maximum absolute atomic E-state index is 12.7. The van der Waals surface area contributed by atoms with Gasteiger partial charge in [-0.2, -0.15) is 5.10 Å². The van der Waals surface area contributed by atoms with E-state index in [1.165, 1.54) is 16.4 Å². The zero-order chi connectivity index (χ0) is 13.6. The third-order valence-electron chi connectivity index (χ3n) is 3.52. The Morgan fingerprint density at radius 3 is 2.84 bits per heavy atom. The first kappa shape index (κ1) is 12.2. The first-order valence-electron chi connectivity index (χ1n) is 6.18. The smallest absolute Gasteiger partial charge is 0.278 e. The molecule has 1 aliphatic rings. The Morgan fingerprint density at radius 2 is 2.16 bits per heavy atom. The second-order valence-electron chi connectivity index (χ2n) is 4.82. The normalized spacial score (nSPS) is 17.6. The van der Waals surface area contributed by atoms with Gasteiger partial charge in [0.05, 0.1) is 11.2 Å². The molecule has 1 aromatic carbocycles. The molecule has 1 atom stereocenters. The van der Waals surface area contributed by atoms with Crippen molar-refractivity contribution in [3.63, 3.8) is 0 Å². The molecular formula is C14H14ClN3O. The van der Waals surface area contributed by atoms with Gasteiger partial charge in [-0.3, -0.25) is 9.48 Å². The second-order valence-corrected chi connectivity index (χ2v) is 5.23. The van der Waals surface area contributed by atoms with Crippen molar-refractivity contribution in [3.05, 3.63) is 46.7 Å². The van der Waals surface area contributed by atoms with Crippen LogP contribution in [0.1, 0.15) is 23.0 Å². The fourth-order valence-electron chi connectivity index (χ4n) is 2.64. The van der Waals surface area contributed by atoms with Crippen molar-refractivity contribution < 1.29 is 4.79 Å². The number of nitrogens with zero attached hydrogens (tertiary/aromatic N) is 3. The van der Waals surface area contributed by atoms with Gasteiger partial charge in [0.1, 0.15) is 5.69 Å². The summed E-state index contributed by atoms with van der Waals surface area (Å²) < 4.78 is 1.53. The molecule has 0 spiro atoms. The number of carbonyl (C=O) groups is 1. The molecule has 0 saturated carbocycles. The predicted molar refractivity (Wildman–Crippen MR) is 74.6 cm³/mol. The molecule has 0 bridgehead atoms. The van der Waals surface area contributed by atoms with Crippen LogP contribution in [0.3, 0.4) is 0 Å². The van der Waals surface area contributed by atoms with Gasteiger partial charge in [-0.15, -0.1) is 0 Å². The molecule has 1 aromatic heterocycles. The first-order chi connectivity index (χ1) is 9.09. The minimum Gasteiger partial charge on any atom is -0.304 e. The zero-order valence-corrected chi connectivity index (χ0v) is 11.6. The number of amides is 1. The Hall–Kier alpha value is -1.81. The average Bonchev–Trinajstić information content (AvgIpc) is 2.88. The van der Waals surface area contributed by atoms with Crippen molar-refractivity contribution in [2.75, 3.05) is 4.90 Å². The van der Waals surface area contributed by atoms with Crippen LogP contribution in [0.25, 0.3) is 0 Å². The molecular weight excluding hydrogens is 262 g/mol. The van der Waals surface area contributed by atoms with E-state index in [2.05, 4.69) is 11.2 Å². The molecule has 0 saturated heterocycles. The molecule has 1 amide bonds. The molecule has 5 heteroatoms. The van der Waals surface area contributed by atoms with E-state index in [1.54, 1.807) is 11.9 Å². The molecule has 0 N–H and O–H groups in total. The Balaban J connectivity index is 2.06. The van der Waals surface area contributed by atoms with E-state index in [-0.39, 0.29) is 11.9 Å². The lowest BCUT2D eigenvalue weighted by atomic mass is 10.1. The lowest BCUT2D eigenvalue weighted by molar-refractivity contribution is 0.0972. The van der Waals surface area contributed by atoms with Crippen molar-refractivity contribution in [1.29, 1.82) is 0 Å². The number of anilines is 1. The van der Waals surface area contributed by atoms with Crippen molar-refractivity contribution in [2.24, 2.45) is 7.05 Å². The predicted octanol–water partition coefficient (Wildman–Crippen LogP) is 2.66. The summed E-state index contributed by atoms with van der Waals surface area (Å²) in [6.45, 7) is 2.04. The van der Waals surface area contributed by atoms with Gasteiger partial charge in [-0.25, -0.2) is 0 Å². The van der Waals surface area contributed by atoms with Crippen LogP contribution < -0.4 is 4.90 Å². The molecule has 3 rings (SSSR count). The number of benzene rings is 1. The summed E-state index contributed by atoms with van der Waals surface area (Å²) in [4.78, 5) is 14.5. The number of aromatic nitrogens is 2. The quantitative estimate of drug-likeness (QED) is 0.802. The van der Waals surface area contributed by atoms with E-state index in [0.717, 1.165) is 12.1 Å². The third-order valence-corrected chi connectivity index (χ3v) is 3.80. The van der Waals surface area contributed by atoms with Crippen LogP contribution in [0.2, 0.25) is 5.02 Å². The highest BCUT2D eigenvalue weighted by atomic mass is 35.5. The Kier molecular flexibility index (Phi) is 2.82. The molecule has 0 aliphatic carbocycles. The van der Waals surface area contributed by atoms with Crippen molar-refractivity contribution in [2.45, 2.75) is 19.4 Å². The Bertz CT molecular complexity index is 630. The van der Waals surface area contributed by atoms with Crippen LogP contribution in [0.5, 0.6) is 0 Å². The summed E-state index contributed by atoms with van der Waals surface area (Å²) in [5, 5.41) is 4.42. The number of aryl methyl sites for hydroxylation is 1. The average molecular weight is 276 g/mol. The highest BCUT2D eigenvalue weighted by Gasteiger charge is 2.33. The summed E-state index contributed by atoms with van der Waals surface area (Å²) in [7, 11) is 1.73. The lowest BCUT2D eigenvalue weighted by Gasteiger charge is -2.22. The molecule has 0 fully saturated rings. The van der Waals surface area contributed by atoms with Crippen LogP contribution >= 0.6 is 11.6 Å². The summed E-state index contributed by atoms with van der Waals surface area (Å²) in [5.41, 5.74) is 2.60. The van der Waals surface area contributed by atoms with Crippen molar-refractivity contribution in [1.82, 2.24) is 9.78 Å². The van der Waals surface area contributed by atoms with E-state index >= 15 is 0 Å². The minimum absolute atomic E-state index is 0.0950. The van der Waals surface area contributed by atoms with Gasteiger partial charge in [0.25, 0.3) is 5.91 Å². The lowest BCUT2D eigenvalue weighted by Crippen LogP contribution is -2.37. The van der Waals surface area contributed by atoms with Gasteiger partial charge >= 0.3 is 0 Å². The number of hydrogen-bond donors (Lipinski definition) is 0. The number of carbonyl (C=O) groups excluding carboxylic acids is 1. The Labute approximate surface area is 116 Å². The van der Waals surface area contributed by atoms with Gasteiger partial charge < -0.3 is 4.90 Å². The summed E-state index contributed by atoms with van der Waals surface area (Å²) in [6, 6.07) is 8.11. The molecule has 1 unspecified atom stereocenters. The third kappa shape index (κ3) is 1.83. The monoisotopic (exact) mass is 275 g/mol. The van der Waals surface area contributed by atoms with E-state index in [9.17, 15) is 4.79 Å². The van der Waals surface area contributed by atoms with Crippen LogP contribution in [0.4, 0.5) is 5.69 Å². The van der Waals surface area contributed by atoms with E-state index in [4.69, 9.17) is 11.6 Å². The SMILES string of the molecule is CC1Cc2ccccc2N1C(=O)c1c(Cl)cnn1C. The minimum atomic E-state index is -0.0950. The standard InChI is InChI=1S/C14H14ClN3O/c1-9-7-10-5-3-4-6-12(10)18(9)14(19)13-11(15)8-16-17(13)2/h3-6,8-9H,7H2,1-2H3. The number of halogens is 1. The van der Waals surface area contributed by atoms with E-state index < -0.39 is 0 Å². The molecule has 98 valence electrons. The molecule has 19 heavy (non-hydrogen) atoms. The number of hydrogen-bond acceptors (Lipinski definition) is 2. The fourth-order valence-corrected chi connectivity index (χ4v) is 2.89. The van der Waals surface area contributed by atoms with Crippen LogP contribution in [-0.2, 0) is 13.5 Å². The second kappa shape index (κ2) is 4.38. The molecule has 0 radical (unpaired) electrons. The number of fused-ring (bicyclic) bond motifs is 1. The molecule has 2 heterocycles. The highest BCUT2D eigenvalue weighted by Crippen LogP contribution is 2.33. The van der Waals surface area contributed by atoms with Crippen LogP contribution in [0, 0.1) is 0 Å². The molecule has 2 aromatic rings. The zero-order valence-electron chi connectivity index (χ0n) is 10.8. The molecule has 4 nitrogen and oxygen atoms in total. The van der Waals surface area contributed by atoms with E-state index in [1.807, 2.05) is 25.1 Å². The molecule has 1 aliphatic heterocycles. The Morgan fingerprint density at radius 1 is 1.42 bits per heavy atom. The van der Waals surface area contributed by atoms with Gasteiger partial charge in [0.15, 0.2) is 0 Å². The number of para-hydroxylation sites is 1. The highest BCUT2D eigenvalue weighted by molar-refractivity contribution is 6.34. The van der Waals surface area contributed by atoms with Gasteiger partial charge in [-0.05, 0) is 25.0 Å². The van der Waals surface area contributed by atoms with Crippen LogP contribution in [-0.4, -0.2) is 21.7 Å². The largest absolute Gasteiger partial charge is 0.304 e. The summed E-state index contributed by atoms with van der Waals surface area (Å²) >= 11 is 6.06. The van der Waals surface area contributed by atoms with Crippen LogP contribution in [0.15, 0.2) is 30.5 Å². The van der Waals surface area contributed by atoms with Crippen molar-refractivity contribution >= 4 is 23.2 Å². The fraction of sp³-hybridized carbons (Fsp3) is 0.286. The van der Waals surface area contributed by atoms with Gasteiger partial charge in [0, 0.05) is 18.8 Å².